The predicted octanol–water partition coefficient (Wildman–Crippen LogP) is 7.10. The average molecular weight is 474 g/mol. The van der Waals surface area contributed by atoms with Crippen LogP contribution in [0, 0.1) is 23.2 Å². The van der Waals surface area contributed by atoms with Crippen LogP contribution in [0.15, 0.2) is 47.0 Å². The van der Waals surface area contributed by atoms with Gasteiger partial charge in [-0.25, -0.2) is 9.37 Å². The van der Waals surface area contributed by atoms with Crippen molar-refractivity contribution in [2.75, 3.05) is 0 Å². The molecule has 0 spiro atoms. The first-order chi connectivity index (χ1) is 15.8. The third kappa shape index (κ3) is 5.36. The van der Waals surface area contributed by atoms with Crippen molar-refractivity contribution in [3.63, 3.8) is 0 Å². The van der Waals surface area contributed by atoms with Crippen LogP contribution in [0.2, 0.25) is 0 Å². The molecule has 0 saturated heterocycles. The molecule has 4 rings (SSSR count). The smallest absolute Gasteiger partial charge is 0.151 e. The maximum atomic E-state index is 14.4. The highest BCUT2D eigenvalue weighted by Crippen LogP contribution is 2.60. The third-order valence-corrected chi connectivity index (χ3v) is 9.69. The number of hydrogen-bond donors (Lipinski definition) is 2. The van der Waals surface area contributed by atoms with Crippen LogP contribution in [0.25, 0.3) is 0 Å². The van der Waals surface area contributed by atoms with E-state index in [0.717, 1.165) is 30.4 Å². The zero-order valence-electron chi connectivity index (χ0n) is 20.2. The number of nitrogens with zero attached hydrogens (tertiary/aromatic N) is 1. The molecular weight excluding hydrogens is 433 g/mol. The zero-order chi connectivity index (χ0) is 23.6. The lowest BCUT2D eigenvalue weighted by Crippen LogP contribution is -2.36. The van der Waals surface area contributed by atoms with Crippen LogP contribution in [0.5, 0.6) is 0 Å². The fourth-order valence-electron chi connectivity index (χ4n) is 7.01. The number of aliphatic hydroxyl groups is 2. The number of alkyl halides is 1. The van der Waals surface area contributed by atoms with Gasteiger partial charge in [0.05, 0.1) is 12.2 Å². The highest BCUT2D eigenvalue weighted by molar-refractivity contribution is 7.09. The largest absolute Gasteiger partial charge is 0.393 e. The molecule has 0 amide bonds. The Balaban J connectivity index is 1.39. The maximum Gasteiger partial charge on any atom is 0.151 e. The minimum Gasteiger partial charge on any atom is -0.393 e. The van der Waals surface area contributed by atoms with Crippen molar-refractivity contribution in [1.82, 2.24) is 4.98 Å². The molecule has 5 heteroatoms. The Labute approximate surface area is 202 Å². The number of thiazole rings is 1. The normalized spacial score (nSPS) is 36.8. The maximum absolute atomic E-state index is 14.4. The summed E-state index contributed by atoms with van der Waals surface area (Å²) < 4.78 is 14.4. The van der Waals surface area contributed by atoms with Crippen LogP contribution < -0.4 is 0 Å². The zero-order valence-corrected chi connectivity index (χ0v) is 21.0. The molecule has 3 nitrogen and oxygen atoms in total. The molecule has 3 aliphatic rings. The van der Waals surface area contributed by atoms with Gasteiger partial charge in [0.1, 0.15) is 5.01 Å². The van der Waals surface area contributed by atoms with Crippen molar-refractivity contribution in [2.24, 2.45) is 23.2 Å². The van der Waals surface area contributed by atoms with Gasteiger partial charge < -0.3 is 10.2 Å². The molecule has 2 N–H and O–H groups in total. The summed E-state index contributed by atoms with van der Waals surface area (Å²) in [6.45, 7) is 8.93. The highest BCUT2D eigenvalue weighted by Gasteiger charge is 2.50. The summed E-state index contributed by atoms with van der Waals surface area (Å²) in [6.07, 6.45) is 13.7. The Hall–Kier alpha value is -1.30. The Morgan fingerprint density at radius 3 is 2.88 bits per heavy atom. The molecular formula is C28H40FNO2S. The highest BCUT2D eigenvalue weighted by atomic mass is 32.1. The van der Waals surface area contributed by atoms with E-state index in [1.807, 2.05) is 5.38 Å². The standard InChI is InChI=1S/C28H40FNO2S/c1-18(6-4-8-25(29)27-30-14-15-33-27)23-11-12-24-20(7-5-13-28(23,24)3)9-10-21-16-22(31)17-26(32)19(21)2/h9-10,14-15,18,22-26,31-32H,2,4-8,11-13,16-17H2,1,3H3/b20-9+,21-10-/t18-,22-,23-,24+,25+,26+,28-/m1/s1. The Kier molecular flexibility index (Phi) is 7.92. The molecule has 0 radical (unpaired) electrons. The van der Waals surface area contributed by atoms with Gasteiger partial charge in [-0.1, -0.05) is 44.6 Å². The van der Waals surface area contributed by atoms with Crippen LogP contribution in [0.1, 0.15) is 89.2 Å². The van der Waals surface area contributed by atoms with Crippen LogP contribution in [-0.2, 0) is 0 Å². The first kappa shape index (κ1) is 24.8. The van der Waals surface area contributed by atoms with E-state index in [2.05, 4.69) is 37.6 Å². The first-order valence-electron chi connectivity index (χ1n) is 12.8. The summed E-state index contributed by atoms with van der Waals surface area (Å²) in [5, 5.41) is 22.7. The van der Waals surface area contributed by atoms with Gasteiger partial charge in [0.15, 0.2) is 6.17 Å². The summed E-state index contributed by atoms with van der Waals surface area (Å²) in [7, 11) is 0. The molecule has 33 heavy (non-hydrogen) atoms. The number of aromatic nitrogens is 1. The number of hydrogen-bond acceptors (Lipinski definition) is 4. The van der Waals surface area contributed by atoms with Gasteiger partial charge >= 0.3 is 0 Å². The third-order valence-electron chi connectivity index (χ3n) is 8.83. The molecule has 182 valence electrons. The van der Waals surface area contributed by atoms with Gasteiger partial charge in [-0.2, -0.15) is 0 Å². The molecule has 1 aromatic rings. The monoisotopic (exact) mass is 473 g/mol. The summed E-state index contributed by atoms with van der Waals surface area (Å²) >= 11 is 1.41. The van der Waals surface area contributed by atoms with Crippen molar-refractivity contribution in [3.8, 4) is 0 Å². The lowest BCUT2D eigenvalue weighted by atomic mass is 9.60. The molecule has 7 atom stereocenters. The second-order valence-electron chi connectivity index (χ2n) is 10.9. The molecule has 0 aliphatic heterocycles. The minimum absolute atomic E-state index is 0.315. The van der Waals surface area contributed by atoms with Crippen molar-refractivity contribution in [3.05, 3.63) is 52.0 Å². The van der Waals surface area contributed by atoms with Gasteiger partial charge in [-0.05, 0) is 85.7 Å². The van der Waals surface area contributed by atoms with E-state index in [1.165, 1.54) is 42.6 Å². The second kappa shape index (κ2) is 10.5. The lowest BCUT2D eigenvalue weighted by molar-refractivity contribution is 0.0861. The van der Waals surface area contributed by atoms with Gasteiger partial charge in [-0.15, -0.1) is 11.3 Å². The molecule has 0 bridgehead atoms. The van der Waals surface area contributed by atoms with Crippen LogP contribution in [0.4, 0.5) is 4.39 Å². The van der Waals surface area contributed by atoms with Crippen molar-refractivity contribution >= 4 is 11.3 Å². The number of allylic oxidation sites excluding steroid dienone is 3. The molecule has 1 aromatic heterocycles. The Morgan fingerprint density at radius 1 is 1.30 bits per heavy atom. The average Bonchev–Trinajstić information content (AvgIpc) is 3.43. The lowest BCUT2D eigenvalue weighted by Gasteiger charge is -2.44. The van der Waals surface area contributed by atoms with Crippen LogP contribution in [-0.4, -0.2) is 27.4 Å². The molecule has 0 aromatic carbocycles. The summed E-state index contributed by atoms with van der Waals surface area (Å²) in [5.41, 5.74) is 3.60. The van der Waals surface area contributed by atoms with Crippen LogP contribution >= 0.6 is 11.3 Å². The summed E-state index contributed by atoms with van der Waals surface area (Å²) in [4.78, 5) is 4.13. The summed E-state index contributed by atoms with van der Waals surface area (Å²) in [5.74, 6) is 1.89. The van der Waals surface area contributed by atoms with Crippen LogP contribution in [0.3, 0.4) is 0 Å². The van der Waals surface area contributed by atoms with E-state index in [9.17, 15) is 14.6 Å². The van der Waals surface area contributed by atoms with E-state index >= 15 is 0 Å². The van der Waals surface area contributed by atoms with Gasteiger partial charge in [0.25, 0.3) is 0 Å². The van der Waals surface area contributed by atoms with E-state index in [0.29, 0.717) is 47.4 Å². The van der Waals surface area contributed by atoms with Gasteiger partial charge in [-0.3, -0.25) is 0 Å². The van der Waals surface area contributed by atoms with Gasteiger partial charge in [0.2, 0.25) is 0 Å². The molecule has 3 aliphatic carbocycles. The second-order valence-corrected chi connectivity index (χ2v) is 11.8. The minimum atomic E-state index is -0.923. The van der Waals surface area contributed by atoms with Gasteiger partial charge in [0, 0.05) is 18.0 Å². The first-order valence-corrected chi connectivity index (χ1v) is 13.7. The fraction of sp³-hybridized carbons (Fsp3) is 0.679. The molecule has 3 saturated carbocycles. The summed E-state index contributed by atoms with van der Waals surface area (Å²) in [6, 6.07) is 0. The van der Waals surface area contributed by atoms with Crippen molar-refractivity contribution < 1.29 is 14.6 Å². The van der Waals surface area contributed by atoms with Crippen molar-refractivity contribution in [1.29, 1.82) is 0 Å². The Morgan fingerprint density at radius 2 is 2.12 bits per heavy atom. The fourth-order valence-corrected chi connectivity index (χ4v) is 7.66. The number of halogens is 1. The topological polar surface area (TPSA) is 53.4 Å². The number of rotatable bonds is 7. The number of fused-ring (bicyclic) bond motifs is 1. The number of aliphatic hydroxyl groups excluding tert-OH is 2. The quantitative estimate of drug-likeness (QED) is 0.444. The van der Waals surface area contributed by atoms with E-state index in [1.54, 1.807) is 6.20 Å². The van der Waals surface area contributed by atoms with E-state index < -0.39 is 18.4 Å². The molecule has 0 unspecified atom stereocenters. The molecule has 1 heterocycles. The van der Waals surface area contributed by atoms with Crippen molar-refractivity contribution in [2.45, 2.75) is 96.4 Å². The van der Waals surface area contributed by atoms with E-state index in [4.69, 9.17) is 0 Å². The Bertz CT molecular complexity index is 878. The predicted molar refractivity (Wildman–Crippen MR) is 134 cm³/mol. The molecule has 3 fully saturated rings. The SMILES string of the molecule is C=C1/C(=C\C=C2/CCC[C@]3(C)[C@@H]([C@H](C)CCC[C@H](F)c4nccs4)CC[C@@H]23)C[C@@H](O)C[C@@H]1O. The van der Waals surface area contributed by atoms with E-state index in [-0.39, 0.29) is 0 Å².